The Balaban J connectivity index is 2.37. The lowest BCUT2D eigenvalue weighted by Crippen LogP contribution is -2.45. The van der Waals surface area contributed by atoms with E-state index in [2.05, 4.69) is 5.10 Å². The number of carboxylic acids is 1. The lowest BCUT2D eigenvalue weighted by Gasteiger charge is -2.26. The van der Waals surface area contributed by atoms with Crippen LogP contribution in [0.5, 0.6) is 0 Å². The van der Waals surface area contributed by atoms with E-state index in [1.807, 2.05) is 6.92 Å². The molecule has 1 amide bonds. The molecule has 1 fully saturated rings. The average molecular weight is 265 g/mol. The summed E-state index contributed by atoms with van der Waals surface area (Å²) in [6.45, 7) is 5.15. The first-order valence-electron chi connectivity index (χ1n) is 6.40. The molecule has 0 radical (unpaired) electrons. The highest BCUT2D eigenvalue weighted by Crippen LogP contribution is 2.31. The summed E-state index contributed by atoms with van der Waals surface area (Å²) in [7, 11) is 1.78. The quantitative estimate of drug-likeness (QED) is 0.885. The van der Waals surface area contributed by atoms with Crippen LogP contribution in [0.25, 0.3) is 0 Å². The van der Waals surface area contributed by atoms with Crippen molar-refractivity contribution in [1.82, 2.24) is 14.7 Å². The summed E-state index contributed by atoms with van der Waals surface area (Å²) in [4.78, 5) is 25.3. The maximum atomic E-state index is 12.6. The maximum Gasteiger partial charge on any atom is 0.326 e. The fourth-order valence-corrected chi connectivity index (χ4v) is 2.34. The van der Waals surface area contributed by atoms with Crippen LogP contribution < -0.4 is 0 Å². The molecule has 1 aromatic heterocycles. The van der Waals surface area contributed by atoms with Crippen molar-refractivity contribution >= 4 is 11.9 Å². The minimum Gasteiger partial charge on any atom is -0.480 e. The Labute approximate surface area is 112 Å². The van der Waals surface area contributed by atoms with Crippen LogP contribution in [0.4, 0.5) is 0 Å². The number of nitrogens with zero attached hydrogens (tertiary/aromatic N) is 3. The van der Waals surface area contributed by atoms with Crippen LogP contribution >= 0.6 is 0 Å². The second-order valence-corrected chi connectivity index (χ2v) is 5.13. The predicted octanol–water partition coefficient (Wildman–Crippen LogP) is 1.11. The van der Waals surface area contributed by atoms with Gasteiger partial charge in [0.05, 0.1) is 11.3 Å². The maximum absolute atomic E-state index is 12.6. The molecule has 0 aliphatic heterocycles. The van der Waals surface area contributed by atoms with Crippen LogP contribution in [-0.2, 0) is 11.8 Å². The number of amides is 1. The molecule has 0 bridgehead atoms. The Morgan fingerprint density at radius 3 is 2.37 bits per heavy atom. The molecule has 6 heteroatoms. The molecule has 1 saturated carbocycles. The largest absolute Gasteiger partial charge is 0.480 e. The Morgan fingerprint density at radius 1 is 1.42 bits per heavy atom. The number of hydrogen-bond donors (Lipinski definition) is 1. The number of carbonyl (C=O) groups excluding carboxylic acids is 1. The number of rotatable bonds is 4. The van der Waals surface area contributed by atoms with E-state index in [0.29, 0.717) is 11.3 Å². The van der Waals surface area contributed by atoms with Gasteiger partial charge in [0.1, 0.15) is 6.04 Å². The van der Waals surface area contributed by atoms with E-state index in [0.717, 1.165) is 18.5 Å². The fourth-order valence-electron chi connectivity index (χ4n) is 2.34. The first-order valence-corrected chi connectivity index (χ1v) is 6.40. The van der Waals surface area contributed by atoms with Gasteiger partial charge in [0.2, 0.25) is 0 Å². The van der Waals surface area contributed by atoms with E-state index < -0.39 is 12.0 Å². The highest BCUT2D eigenvalue weighted by Gasteiger charge is 2.40. The summed E-state index contributed by atoms with van der Waals surface area (Å²) in [6, 6.07) is -0.753. The molecular weight excluding hydrogens is 246 g/mol. The minimum absolute atomic E-state index is 0.0533. The Bertz CT molecular complexity index is 531. The predicted molar refractivity (Wildman–Crippen MR) is 69.0 cm³/mol. The number of hydrogen-bond acceptors (Lipinski definition) is 3. The standard InChI is InChI=1S/C13H19N3O3/c1-7-11(8(2)15(4)14-7)12(17)16(10-5-6-10)9(3)13(18)19/h9-10H,5-6H2,1-4H3,(H,18,19). The molecular formula is C13H19N3O3. The summed E-state index contributed by atoms with van der Waals surface area (Å²) in [5.74, 6) is -1.19. The van der Waals surface area contributed by atoms with Crippen molar-refractivity contribution in [1.29, 1.82) is 0 Å². The highest BCUT2D eigenvalue weighted by molar-refractivity contribution is 5.98. The van der Waals surface area contributed by atoms with Gasteiger partial charge in [0.25, 0.3) is 5.91 Å². The molecule has 0 aromatic carbocycles. The van der Waals surface area contributed by atoms with Crippen LogP contribution in [0, 0.1) is 13.8 Å². The van der Waals surface area contributed by atoms with E-state index >= 15 is 0 Å². The van der Waals surface area contributed by atoms with Gasteiger partial charge in [0.15, 0.2) is 0 Å². The van der Waals surface area contributed by atoms with Crippen LogP contribution in [-0.4, -0.2) is 43.7 Å². The molecule has 104 valence electrons. The smallest absolute Gasteiger partial charge is 0.326 e. The molecule has 0 spiro atoms. The van der Waals surface area contributed by atoms with E-state index in [9.17, 15) is 9.59 Å². The topological polar surface area (TPSA) is 75.4 Å². The van der Waals surface area contributed by atoms with Crippen molar-refractivity contribution in [3.63, 3.8) is 0 Å². The fraction of sp³-hybridized carbons (Fsp3) is 0.615. The van der Waals surface area contributed by atoms with E-state index in [1.165, 1.54) is 4.90 Å². The first-order chi connectivity index (χ1) is 8.84. The van der Waals surface area contributed by atoms with Crippen molar-refractivity contribution in [3.05, 3.63) is 17.0 Å². The van der Waals surface area contributed by atoms with Crippen molar-refractivity contribution < 1.29 is 14.7 Å². The van der Waals surface area contributed by atoms with Gasteiger partial charge in [-0.25, -0.2) is 4.79 Å². The Hall–Kier alpha value is -1.85. The van der Waals surface area contributed by atoms with Crippen molar-refractivity contribution in [3.8, 4) is 0 Å². The zero-order chi connectivity index (χ0) is 14.3. The minimum atomic E-state index is -0.973. The SMILES string of the molecule is Cc1nn(C)c(C)c1C(=O)N(C1CC1)C(C)C(=O)O. The second kappa shape index (κ2) is 4.68. The summed E-state index contributed by atoms with van der Waals surface area (Å²) >= 11 is 0. The average Bonchev–Trinajstić information content (AvgIpc) is 3.09. The number of aryl methyl sites for hydroxylation is 2. The third-order valence-corrected chi connectivity index (χ3v) is 3.67. The third-order valence-electron chi connectivity index (χ3n) is 3.67. The van der Waals surface area contributed by atoms with Crippen LogP contribution in [0.1, 0.15) is 41.5 Å². The van der Waals surface area contributed by atoms with Crippen LogP contribution in [0.3, 0.4) is 0 Å². The Morgan fingerprint density at radius 2 is 2.00 bits per heavy atom. The molecule has 1 atom stereocenters. The lowest BCUT2D eigenvalue weighted by atomic mass is 10.1. The number of aromatic nitrogens is 2. The molecule has 1 aromatic rings. The summed E-state index contributed by atoms with van der Waals surface area (Å²) in [5, 5.41) is 13.4. The van der Waals surface area contributed by atoms with Gasteiger partial charge in [-0.1, -0.05) is 0 Å². The van der Waals surface area contributed by atoms with Crippen LogP contribution in [0.2, 0.25) is 0 Å². The number of aliphatic carboxylic acids is 1. The van der Waals surface area contributed by atoms with Crippen molar-refractivity contribution in [2.75, 3.05) is 0 Å². The summed E-state index contributed by atoms with van der Waals surface area (Å²) in [6.07, 6.45) is 1.75. The van der Waals surface area contributed by atoms with Crippen LogP contribution in [0.15, 0.2) is 0 Å². The molecule has 0 saturated heterocycles. The molecule has 6 nitrogen and oxygen atoms in total. The first kappa shape index (κ1) is 13.6. The molecule has 1 unspecified atom stereocenters. The molecule has 2 rings (SSSR count). The second-order valence-electron chi connectivity index (χ2n) is 5.13. The lowest BCUT2D eigenvalue weighted by molar-refractivity contribution is -0.141. The summed E-state index contributed by atoms with van der Waals surface area (Å²) < 4.78 is 1.65. The normalized spacial score (nSPS) is 16.2. The van der Waals surface area contributed by atoms with Gasteiger partial charge >= 0.3 is 5.97 Å². The van der Waals surface area contributed by atoms with E-state index in [1.54, 1.807) is 25.6 Å². The van der Waals surface area contributed by atoms with Gasteiger partial charge < -0.3 is 10.0 Å². The third kappa shape index (κ3) is 2.34. The molecule has 1 aliphatic rings. The summed E-state index contributed by atoms with van der Waals surface area (Å²) in [5.41, 5.74) is 1.95. The zero-order valence-corrected chi connectivity index (χ0v) is 11.7. The van der Waals surface area contributed by atoms with Crippen molar-refractivity contribution in [2.24, 2.45) is 7.05 Å². The number of carbonyl (C=O) groups is 2. The highest BCUT2D eigenvalue weighted by atomic mass is 16.4. The van der Waals surface area contributed by atoms with E-state index in [-0.39, 0.29) is 11.9 Å². The molecule has 19 heavy (non-hydrogen) atoms. The Kier molecular flexibility index (Phi) is 3.34. The van der Waals surface area contributed by atoms with Gasteiger partial charge in [-0.3, -0.25) is 9.48 Å². The van der Waals surface area contributed by atoms with E-state index in [4.69, 9.17) is 5.11 Å². The van der Waals surface area contributed by atoms with Crippen molar-refractivity contribution in [2.45, 2.75) is 45.7 Å². The zero-order valence-electron chi connectivity index (χ0n) is 11.7. The molecule has 1 aliphatic carbocycles. The van der Waals surface area contributed by atoms with Gasteiger partial charge in [-0.05, 0) is 33.6 Å². The monoisotopic (exact) mass is 265 g/mol. The van der Waals surface area contributed by atoms with Gasteiger partial charge in [-0.15, -0.1) is 0 Å². The van der Waals surface area contributed by atoms with Gasteiger partial charge in [-0.2, -0.15) is 5.10 Å². The molecule has 1 N–H and O–H groups in total. The molecule has 1 heterocycles. The van der Waals surface area contributed by atoms with Gasteiger partial charge in [0, 0.05) is 18.8 Å². The number of carboxylic acid groups (broad SMARTS) is 1.